The SMILES string of the molecule is Cc1cc(-n2c(=O)[nH]c3ccc(F)c(F)c32)ccn1. The molecule has 0 aliphatic rings. The molecule has 3 aromatic rings. The van der Waals surface area contributed by atoms with Crippen molar-refractivity contribution in [1.29, 1.82) is 0 Å². The zero-order valence-electron chi connectivity index (χ0n) is 9.95. The Morgan fingerprint density at radius 2 is 2.05 bits per heavy atom. The van der Waals surface area contributed by atoms with Gasteiger partial charge in [0.05, 0.1) is 11.2 Å². The second kappa shape index (κ2) is 4.01. The first-order valence-electron chi connectivity index (χ1n) is 5.59. The fourth-order valence-corrected chi connectivity index (χ4v) is 2.05. The fraction of sp³-hybridized carbons (Fsp3) is 0.0769. The average molecular weight is 261 g/mol. The lowest BCUT2D eigenvalue weighted by molar-refractivity contribution is 0.514. The maximum Gasteiger partial charge on any atom is 0.331 e. The van der Waals surface area contributed by atoms with E-state index in [1.54, 1.807) is 19.1 Å². The summed E-state index contributed by atoms with van der Waals surface area (Å²) in [4.78, 5) is 18.4. The van der Waals surface area contributed by atoms with E-state index in [0.29, 0.717) is 11.4 Å². The number of rotatable bonds is 1. The number of aromatic nitrogens is 3. The minimum Gasteiger partial charge on any atom is -0.305 e. The number of halogens is 2. The van der Waals surface area contributed by atoms with E-state index in [2.05, 4.69) is 9.97 Å². The van der Waals surface area contributed by atoms with Crippen LogP contribution in [0.15, 0.2) is 35.3 Å². The van der Waals surface area contributed by atoms with Gasteiger partial charge in [0.2, 0.25) is 0 Å². The van der Waals surface area contributed by atoms with Crippen molar-refractivity contribution in [3.63, 3.8) is 0 Å². The number of fused-ring (bicyclic) bond motifs is 1. The Balaban J connectivity index is 2.44. The molecule has 0 spiro atoms. The summed E-state index contributed by atoms with van der Waals surface area (Å²) in [7, 11) is 0. The predicted molar refractivity (Wildman–Crippen MR) is 66.3 cm³/mol. The van der Waals surface area contributed by atoms with Crippen LogP contribution < -0.4 is 5.69 Å². The van der Waals surface area contributed by atoms with E-state index >= 15 is 0 Å². The van der Waals surface area contributed by atoms with E-state index in [9.17, 15) is 13.6 Å². The minimum absolute atomic E-state index is 0.101. The lowest BCUT2D eigenvalue weighted by Crippen LogP contribution is -2.15. The first kappa shape index (κ1) is 11.6. The number of hydrogen-bond donors (Lipinski definition) is 1. The zero-order chi connectivity index (χ0) is 13.6. The monoisotopic (exact) mass is 261 g/mol. The molecule has 0 radical (unpaired) electrons. The van der Waals surface area contributed by atoms with Crippen LogP contribution in [0.1, 0.15) is 5.69 Å². The van der Waals surface area contributed by atoms with Gasteiger partial charge in [0.25, 0.3) is 0 Å². The second-order valence-corrected chi connectivity index (χ2v) is 4.18. The van der Waals surface area contributed by atoms with Gasteiger partial charge in [-0.05, 0) is 31.2 Å². The van der Waals surface area contributed by atoms with Crippen LogP contribution in [0.4, 0.5) is 8.78 Å². The van der Waals surface area contributed by atoms with Crippen LogP contribution in [-0.4, -0.2) is 14.5 Å². The molecule has 0 aliphatic heterocycles. The van der Waals surface area contributed by atoms with Crippen LogP contribution in [0.5, 0.6) is 0 Å². The number of benzene rings is 1. The molecule has 0 bridgehead atoms. The van der Waals surface area contributed by atoms with Gasteiger partial charge in [-0.2, -0.15) is 0 Å². The van der Waals surface area contributed by atoms with Crippen LogP contribution in [0.3, 0.4) is 0 Å². The highest BCUT2D eigenvalue weighted by atomic mass is 19.2. The number of H-pyrrole nitrogens is 1. The maximum absolute atomic E-state index is 13.9. The van der Waals surface area contributed by atoms with E-state index in [1.165, 1.54) is 12.3 Å². The molecule has 6 heteroatoms. The van der Waals surface area contributed by atoms with Crippen LogP contribution >= 0.6 is 0 Å². The summed E-state index contributed by atoms with van der Waals surface area (Å²) in [5, 5.41) is 0. The number of hydrogen-bond acceptors (Lipinski definition) is 2. The van der Waals surface area contributed by atoms with Crippen molar-refractivity contribution in [2.24, 2.45) is 0 Å². The van der Waals surface area contributed by atoms with Gasteiger partial charge in [-0.3, -0.25) is 9.55 Å². The van der Waals surface area contributed by atoms with Crippen molar-refractivity contribution in [2.75, 3.05) is 0 Å². The Hall–Kier alpha value is -2.50. The molecule has 0 fully saturated rings. The van der Waals surface area contributed by atoms with Crippen LogP contribution in [0.25, 0.3) is 16.7 Å². The molecule has 0 saturated heterocycles. The summed E-state index contributed by atoms with van der Waals surface area (Å²) in [5.41, 5.74) is 0.739. The lowest BCUT2D eigenvalue weighted by Gasteiger charge is -2.04. The van der Waals surface area contributed by atoms with E-state index in [1.807, 2.05) is 0 Å². The quantitative estimate of drug-likeness (QED) is 0.730. The highest BCUT2D eigenvalue weighted by Crippen LogP contribution is 2.20. The van der Waals surface area contributed by atoms with Gasteiger partial charge < -0.3 is 4.98 Å². The number of pyridine rings is 1. The highest BCUT2D eigenvalue weighted by Gasteiger charge is 2.16. The Bertz CT molecular complexity index is 836. The van der Waals surface area contributed by atoms with Crippen molar-refractivity contribution in [1.82, 2.24) is 14.5 Å². The Kier molecular flexibility index (Phi) is 2.45. The zero-order valence-corrected chi connectivity index (χ0v) is 9.95. The summed E-state index contributed by atoms with van der Waals surface area (Å²) < 4.78 is 28.3. The highest BCUT2D eigenvalue weighted by molar-refractivity contribution is 5.78. The van der Waals surface area contributed by atoms with Crippen LogP contribution in [0.2, 0.25) is 0 Å². The molecule has 0 amide bonds. The van der Waals surface area contributed by atoms with E-state index in [0.717, 1.165) is 10.6 Å². The molecule has 0 aliphatic carbocycles. The molecular formula is C13H9F2N3O. The first-order chi connectivity index (χ1) is 9.08. The van der Waals surface area contributed by atoms with E-state index in [-0.39, 0.29) is 11.0 Å². The molecule has 0 atom stereocenters. The first-order valence-corrected chi connectivity index (χ1v) is 5.59. The van der Waals surface area contributed by atoms with Crippen molar-refractivity contribution in [2.45, 2.75) is 6.92 Å². The van der Waals surface area contributed by atoms with Crippen molar-refractivity contribution in [3.05, 3.63) is 58.3 Å². The molecule has 3 rings (SSSR count). The molecule has 19 heavy (non-hydrogen) atoms. The maximum atomic E-state index is 13.9. The van der Waals surface area contributed by atoms with Gasteiger partial charge in [0.1, 0.15) is 5.52 Å². The van der Waals surface area contributed by atoms with Crippen molar-refractivity contribution >= 4 is 11.0 Å². The molecule has 96 valence electrons. The number of aryl methyl sites for hydroxylation is 1. The standard InChI is InChI=1S/C13H9F2N3O/c1-7-6-8(4-5-16-7)18-12-10(17-13(18)19)3-2-9(14)11(12)15/h2-6H,1H3,(H,17,19). The van der Waals surface area contributed by atoms with Crippen LogP contribution in [-0.2, 0) is 0 Å². The average Bonchev–Trinajstić information content (AvgIpc) is 2.71. The summed E-state index contributed by atoms with van der Waals surface area (Å²) in [6, 6.07) is 5.50. The minimum atomic E-state index is -1.05. The van der Waals surface area contributed by atoms with Gasteiger partial charge in [0.15, 0.2) is 11.6 Å². The largest absolute Gasteiger partial charge is 0.331 e. The van der Waals surface area contributed by atoms with Crippen LogP contribution in [0, 0.1) is 18.6 Å². The molecule has 1 aromatic carbocycles. The third-order valence-electron chi connectivity index (χ3n) is 2.88. The normalized spacial score (nSPS) is 11.1. The molecule has 2 heterocycles. The summed E-state index contributed by atoms with van der Waals surface area (Å²) >= 11 is 0. The van der Waals surface area contributed by atoms with Crippen molar-refractivity contribution in [3.8, 4) is 5.69 Å². The van der Waals surface area contributed by atoms with E-state index < -0.39 is 17.3 Å². The number of nitrogens with one attached hydrogen (secondary N) is 1. The topological polar surface area (TPSA) is 50.7 Å². The Morgan fingerprint density at radius 1 is 1.26 bits per heavy atom. The lowest BCUT2D eigenvalue weighted by atomic mass is 10.2. The molecule has 0 unspecified atom stereocenters. The summed E-state index contributed by atoms with van der Waals surface area (Å²) in [6.45, 7) is 1.75. The molecule has 0 saturated carbocycles. The predicted octanol–water partition coefficient (Wildman–Crippen LogP) is 2.30. The van der Waals surface area contributed by atoms with Gasteiger partial charge in [-0.25, -0.2) is 13.6 Å². The summed E-state index contributed by atoms with van der Waals surface area (Å²) in [6.07, 6.45) is 1.51. The van der Waals surface area contributed by atoms with Gasteiger partial charge in [0, 0.05) is 11.9 Å². The third kappa shape index (κ3) is 1.72. The van der Waals surface area contributed by atoms with Crippen molar-refractivity contribution < 1.29 is 8.78 Å². The van der Waals surface area contributed by atoms with Gasteiger partial charge in [-0.15, -0.1) is 0 Å². The third-order valence-corrected chi connectivity index (χ3v) is 2.88. The number of nitrogens with zero attached hydrogens (tertiary/aromatic N) is 2. The number of imidazole rings is 1. The molecule has 1 N–H and O–H groups in total. The molecule has 2 aromatic heterocycles. The second-order valence-electron chi connectivity index (χ2n) is 4.18. The molecular weight excluding hydrogens is 252 g/mol. The van der Waals surface area contributed by atoms with Gasteiger partial charge >= 0.3 is 5.69 Å². The number of aromatic amines is 1. The summed E-state index contributed by atoms with van der Waals surface area (Å²) in [5.74, 6) is -2.05. The fourth-order valence-electron chi connectivity index (χ4n) is 2.05. The smallest absolute Gasteiger partial charge is 0.305 e. The van der Waals surface area contributed by atoms with Gasteiger partial charge in [-0.1, -0.05) is 0 Å². The molecule has 4 nitrogen and oxygen atoms in total. The Morgan fingerprint density at radius 3 is 2.79 bits per heavy atom. The van der Waals surface area contributed by atoms with E-state index in [4.69, 9.17) is 0 Å². The Labute approximate surface area is 106 Å².